The molecule has 0 saturated carbocycles. The number of fused-ring (bicyclic) bond motifs is 1. The number of nitrogens with zero attached hydrogens (tertiary/aromatic N) is 2. The predicted molar refractivity (Wildman–Crippen MR) is 84.6 cm³/mol. The molecule has 0 fully saturated rings. The Morgan fingerprint density at radius 1 is 1.14 bits per heavy atom. The van der Waals surface area contributed by atoms with Crippen LogP contribution < -0.4 is 0 Å². The topological polar surface area (TPSA) is 73.1 Å². The number of aromatic nitrogens is 1. The van der Waals surface area contributed by atoms with E-state index in [1.165, 1.54) is 30.0 Å². The zero-order chi connectivity index (χ0) is 15.5. The standard InChI is InChI=1S/C16H10N2O3S/c19-15-8-3-11(14-2-1-9-17-16(14)15)10-22-13-6-4-12(5-7-13)18(20)21/h1-10H/b11-10+. The second kappa shape index (κ2) is 5.95. The summed E-state index contributed by atoms with van der Waals surface area (Å²) in [6.45, 7) is 0. The van der Waals surface area contributed by atoms with E-state index in [0.717, 1.165) is 16.0 Å². The smallest absolute Gasteiger partial charge is 0.269 e. The largest absolute Gasteiger partial charge is 0.288 e. The molecular weight excluding hydrogens is 300 g/mol. The predicted octanol–water partition coefficient (Wildman–Crippen LogP) is 3.88. The first-order valence-electron chi connectivity index (χ1n) is 6.44. The molecule has 1 aliphatic carbocycles. The molecule has 1 heterocycles. The maximum absolute atomic E-state index is 11.8. The van der Waals surface area contributed by atoms with E-state index in [0.29, 0.717) is 5.69 Å². The van der Waals surface area contributed by atoms with E-state index < -0.39 is 4.92 Å². The number of carbonyl (C=O) groups is 1. The fraction of sp³-hybridized carbons (Fsp3) is 0. The van der Waals surface area contributed by atoms with Crippen LogP contribution in [0.4, 0.5) is 5.69 Å². The Balaban J connectivity index is 1.85. The van der Waals surface area contributed by atoms with E-state index in [4.69, 9.17) is 0 Å². The summed E-state index contributed by atoms with van der Waals surface area (Å²) in [6.07, 6.45) is 4.85. The van der Waals surface area contributed by atoms with Crippen molar-refractivity contribution < 1.29 is 9.72 Å². The highest BCUT2D eigenvalue weighted by Gasteiger charge is 2.16. The molecule has 2 aromatic rings. The Bertz CT molecular complexity index is 810. The Hall–Kier alpha value is -2.73. The number of allylic oxidation sites excluding steroid dienone is 3. The van der Waals surface area contributed by atoms with Crippen molar-refractivity contribution in [2.75, 3.05) is 0 Å². The number of nitro benzene ring substituents is 1. The van der Waals surface area contributed by atoms with Gasteiger partial charge in [0.1, 0.15) is 5.69 Å². The Labute approximate surface area is 130 Å². The SMILES string of the molecule is O=C1C=C/C(=C\Sc2ccc([N+](=O)[O-])cc2)c2cccnc21. The summed E-state index contributed by atoms with van der Waals surface area (Å²) in [7, 11) is 0. The molecule has 5 nitrogen and oxygen atoms in total. The van der Waals surface area contributed by atoms with Gasteiger partial charge in [-0.3, -0.25) is 19.9 Å². The van der Waals surface area contributed by atoms with Gasteiger partial charge in [0.05, 0.1) is 4.92 Å². The molecule has 0 saturated heterocycles. The van der Waals surface area contributed by atoms with Gasteiger partial charge in [-0.05, 0) is 41.3 Å². The molecule has 0 N–H and O–H groups in total. The summed E-state index contributed by atoms with van der Waals surface area (Å²) < 4.78 is 0. The first-order valence-corrected chi connectivity index (χ1v) is 7.32. The molecule has 22 heavy (non-hydrogen) atoms. The molecule has 1 aliphatic rings. The number of hydrogen-bond donors (Lipinski definition) is 0. The van der Waals surface area contributed by atoms with Gasteiger partial charge in [0, 0.05) is 28.8 Å². The molecule has 0 unspecified atom stereocenters. The molecule has 0 bridgehead atoms. The lowest BCUT2D eigenvalue weighted by Gasteiger charge is -2.11. The van der Waals surface area contributed by atoms with E-state index >= 15 is 0 Å². The van der Waals surface area contributed by atoms with Crippen molar-refractivity contribution in [3.05, 3.63) is 81.5 Å². The lowest BCUT2D eigenvalue weighted by Crippen LogP contribution is -2.06. The van der Waals surface area contributed by atoms with Crippen molar-refractivity contribution in [3.8, 4) is 0 Å². The Morgan fingerprint density at radius 3 is 2.64 bits per heavy atom. The van der Waals surface area contributed by atoms with Crippen LogP contribution in [0.25, 0.3) is 5.57 Å². The second-order valence-electron chi connectivity index (χ2n) is 4.54. The van der Waals surface area contributed by atoms with E-state index in [1.54, 1.807) is 30.5 Å². The zero-order valence-electron chi connectivity index (χ0n) is 11.3. The van der Waals surface area contributed by atoms with Crippen LogP contribution in [0.3, 0.4) is 0 Å². The lowest BCUT2D eigenvalue weighted by molar-refractivity contribution is -0.384. The number of hydrogen-bond acceptors (Lipinski definition) is 5. The van der Waals surface area contributed by atoms with Crippen LogP contribution in [-0.4, -0.2) is 15.7 Å². The average molecular weight is 310 g/mol. The normalized spacial score (nSPS) is 14.9. The molecule has 108 valence electrons. The Morgan fingerprint density at radius 2 is 1.91 bits per heavy atom. The highest BCUT2D eigenvalue weighted by Crippen LogP contribution is 2.30. The second-order valence-corrected chi connectivity index (χ2v) is 5.48. The van der Waals surface area contributed by atoms with Crippen molar-refractivity contribution in [2.45, 2.75) is 4.90 Å². The quantitative estimate of drug-likeness (QED) is 0.489. The highest BCUT2D eigenvalue weighted by molar-refractivity contribution is 8.02. The molecule has 0 radical (unpaired) electrons. The van der Waals surface area contributed by atoms with E-state index in [9.17, 15) is 14.9 Å². The zero-order valence-corrected chi connectivity index (χ0v) is 12.1. The van der Waals surface area contributed by atoms with Crippen LogP contribution in [0.5, 0.6) is 0 Å². The van der Waals surface area contributed by atoms with Crippen molar-refractivity contribution in [2.24, 2.45) is 0 Å². The highest BCUT2D eigenvalue weighted by atomic mass is 32.2. The summed E-state index contributed by atoms with van der Waals surface area (Å²) in [5.41, 5.74) is 2.20. The van der Waals surface area contributed by atoms with Crippen molar-refractivity contribution in [1.29, 1.82) is 0 Å². The monoisotopic (exact) mass is 310 g/mol. The maximum atomic E-state index is 11.8. The molecular formula is C16H10N2O3S. The molecule has 1 aromatic carbocycles. The fourth-order valence-corrected chi connectivity index (χ4v) is 2.81. The summed E-state index contributed by atoms with van der Waals surface area (Å²) >= 11 is 1.44. The first kappa shape index (κ1) is 14.2. The van der Waals surface area contributed by atoms with Crippen LogP contribution in [0.2, 0.25) is 0 Å². The third-order valence-corrected chi connectivity index (χ3v) is 4.05. The molecule has 0 aliphatic heterocycles. The van der Waals surface area contributed by atoms with E-state index in [-0.39, 0.29) is 11.5 Å². The number of carbonyl (C=O) groups excluding carboxylic acids is 1. The number of nitro groups is 1. The number of ketones is 1. The third-order valence-electron chi connectivity index (χ3n) is 3.14. The third kappa shape index (κ3) is 2.82. The van der Waals surface area contributed by atoms with Crippen LogP contribution in [0.1, 0.15) is 16.1 Å². The van der Waals surface area contributed by atoms with Gasteiger partial charge in [0.15, 0.2) is 0 Å². The van der Waals surface area contributed by atoms with Gasteiger partial charge >= 0.3 is 0 Å². The van der Waals surface area contributed by atoms with Gasteiger partial charge in [0.2, 0.25) is 5.78 Å². The number of benzene rings is 1. The molecule has 0 amide bonds. The number of thioether (sulfide) groups is 1. The molecule has 6 heteroatoms. The minimum Gasteiger partial charge on any atom is -0.288 e. The van der Waals surface area contributed by atoms with Gasteiger partial charge in [-0.1, -0.05) is 17.8 Å². The van der Waals surface area contributed by atoms with Crippen LogP contribution in [-0.2, 0) is 0 Å². The van der Waals surface area contributed by atoms with Crippen molar-refractivity contribution in [3.63, 3.8) is 0 Å². The fourth-order valence-electron chi connectivity index (χ4n) is 2.05. The van der Waals surface area contributed by atoms with Crippen molar-refractivity contribution in [1.82, 2.24) is 4.98 Å². The van der Waals surface area contributed by atoms with Gasteiger partial charge in [-0.15, -0.1) is 0 Å². The summed E-state index contributed by atoms with van der Waals surface area (Å²) in [6, 6.07) is 9.97. The van der Waals surface area contributed by atoms with Crippen molar-refractivity contribution >= 4 is 28.8 Å². The van der Waals surface area contributed by atoms with Crippen LogP contribution in [0, 0.1) is 10.1 Å². The summed E-state index contributed by atoms with van der Waals surface area (Å²) in [5, 5.41) is 12.5. The van der Waals surface area contributed by atoms with Crippen LogP contribution in [0.15, 0.2) is 65.1 Å². The molecule has 3 rings (SSSR count). The van der Waals surface area contributed by atoms with E-state index in [1.807, 2.05) is 11.5 Å². The van der Waals surface area contributed by atoms with Gasteiger partial charge in [-0.2, -0.15) is 0 Å². The van der Waals surface area contributed by atoms with Crippen LogP contribution >= 0.6 is 11.8 Å². The van der Waals surface area contributed by atoms with E-state index in [2.05, 4.69) is 4.98 Å². The number of non-ortho nitro benzene ring substituents is 1. The first-order chi connectivity index (χ1) is 10.6. The summed E-state index contributed by atoms with van der Waals surface area (Å²) in [5.74, 6) is -0.104. The van der Waals surface area contributed by atoms with Gasteiger partial charge in [0.25, 0.3) is 5.69 Å². The van der Waals surface area contributed by atoms with Gasteiger partial charge in [-0.25, -0.2) is 0 Å². The Kier molecular flexibility index (Phi) is 3.84. The summed E-state index contributed by atoms with van der Waals surface area (Å²) in [4.78, 5) is 27.0. The molecule has 0 atom stereocenters. The maximum Gasteiger partial charge on any atom is 0.269 e. The minimum absolute atomic E-state index is 0.0645. The molecule has 1 aromatic heterocycles. The molecule has 0 spiro atoms. The number of rotatable bonds is 3. The number of pyridine rings is 1. The lowest BCUT2D eigenvalue weighted by atomic mass is 9.97. The average Bonchev–Trinajstić information content (AvgIpc) is 2.55. The minimum atomic E-state index is -0.426. The van der Waals surface area contributed by atoms with Gasteiger partial charge < -0.3 is 0 Å².